The zero-order chi connectivity index (χ0) is 8.55. The summed E-state index contributed by atoms with van der Waals surface area (Å²) in [6.45, 7) is 0. The quantitative estimate of drug-likeness (QED) is 0.622. The lowest BCUT2D eigenvalue weighted by Crippen LogP contribution is -2.18. The second-order valence-corrected chi connectivity index (χ2v) is 3.31. The van der Waals surface area contributed by atoms with Crippen LogP contribution in [-0.4, -0.2) is 12.3 Å². The molecular weight excluding hydrogens is 150 g/mol. The maximum Gasteiger partial charge on any atom is 0.150 e. The largest absolute Gasteiger partial charge is 0.327 e. The van der Waals surface area contributed by atoms with Gasteiger partial charge in [0.2, 0.25) is 0 Å². The fraction of sp³-hybridized carbons (Fsp3) is 0.300. The van der Waals surface area contributed by atoms with Crippen molar-refractivity contribution < 1.29 is 4.79 Å². The third-order valence-electron chi connectivity index (χ3n) is 2.33. The van der Waals surface area contributed by atoms with Gasteiger partial charge in [0, 0.05) is 11.6 Å². The predicted molar refractivity (Wildman–Crippen MR) is 47.2 cm³/mol. The Labute approximate surface area is 71.4 Å². The lowest BCUT2D eigenvalue weighted by atomic mass is 10.1. The van der Waals surface area contributed by atoms with E-state index in [0.29, 0.717) is 0 Å². The normalized spacial score (nSPS) is 20.6. The van der Waals surface area contributed by atoms with Gasteiger partial charge in [0.25, 0.3) is 0 Å². The van der Waals surface area contributed by atoms with Gasteiger partial charge in [-0.05, 0) is 30.0 Å². The summed E-state index contributed by atoms with van der Waals surface area (Å²) in [7, 11) is 0. The Kier molecular flexibility index (Phi) is 1.70. The van der Waals surface area contributed by atoms with Crippen LogP contribution in [0.5, 0.6) is 0 Å². The molecule has 1 aromatic carbocycles. The molecule has 0 aromatic heterocycles. The smallest absolute Gasteiger partial charge is 0.150 e. The summed E-state index contributed by atoms with van der Waals surface area (Å²) in [4.78, 5) is 10.5. The Balaban J connectivity index is 2.41. The van der Waals surface area contributed by atoms with Crippen LogP contribution in [-0.2, 0) is 12.8 Å². The summed E-state index contributed by atoms with van der Waals surface area (Å²) in [6, 6.07) is 6.05. The Morgan fingerprint density at radius 3 is 2.83 bits per heavy atom. The first-order valence-electron chi connectivity index (χ1n) is 4.12. The third-order valence-corrected chi connectivity index (χ3v) is 2.33. The third kappa shape index (κ3) is 1.14. The van der Waals surface area contributed by atoms with Crippen molar-refractivity contribution in [3.63, 3.8) is 0 Å². The minimum absolute atomic E-state index is 0.252. The standard InChI is InChI=1S/C10H11NO/c11-10-4-8-2-1-7(6-12)3-9(8)5-10/h1-3,6,10H,4-5,11H2. The van der Waals surface area contributed by atoms with Crippen LogP contribution in [0, 0.1) is 0 Å². The van der Waals surface area contributed by atoms with E-state index in [9.17, 15) is 4.79 Å². The maximum absolute atomic E-state index is 10.5. The number of hydrogen-bond acceptors (Lipinski definition) is 2. The van der Waals surface area contributed by atoms with Crippen LogP contribution in [0.15, 0.2) is 18.2 Å². The molecule has 2 nitrogen and oxygen atoms in total. The van der Waals surface area contributed by atoms with E-state index in [0.717, 1.165) is 24.7 Å². The molecule has 0 spiro atoms. The molecular formula is C10H11NO. The van der Waals surface area contributed by atoms with Gasteiger partial charge < -0.3 is 5.73 Å². The minimum Gasteiger partial charge on any atom is -0.327 e. The molecule has 62 valence electrons. The lowest BCUT2D eigenvalue weighted by molar-refractivity contribution is 0.112. The molecule has 0 aliphatic heterocycles. The molecule has 0 saturated heterocycles. The molecule has 1 aliphatic rings. The van der Waals surface area contributed by atoms with Crippen LogP contribution in [0.25, 0.3) is 0 Å². The van der Waals surface area contributed by atoms with Crippen molar-refractivity contribution in [2.45, 2.75) is 18.9 Å². The first-order valence-corrected chi connectivity index (χ1v) is 4.12. The number of fused-ring (bicyclic) bond motifs is 1. The highest BCUT2D eigenvalue weighted by atomic mass is 16.1. The number of carbonyl (C=O) groups excluding carboxylic acids is 1. The Hall–Kier alpha value is -1.15. The molecule has 0 bridgehead atoms. The molecule has 1 atom stereocenters. The Morgan fingerprint density at radius 1 is 1.33 bits per heavy atom. The Morgan fingerprint density at radius 2 is 2.08 bits per heavy atom. The number of benzene rings is 1. The van der Waals surface area contributed by atoms with E-state index >= 15 is 0 Å². The van der Waals surface area contributed by atoms with Crippen molar-refractivity contribution in [3.8, 4) is 0 Å². The van der Waals surface area contributed by atoms with Crippen LogP contribution < -0.4 is 5.73 Å². The second kappa shape index (κ2) is 2.72. The number of carbonyl (C=O) groups is 1. The fourth-order valence-electron chi connectivity index (χ4n) is 1.75. The lowest BCUT2D eigenvalue weighted by Gasteiger charge is -1.97. The summed E-state index contributed by atoms with van der Waals surface area (Å²) in [5, 5.41) is 0. The molecule has 1 aliphatic carbocycles. The van der Waals surface area contributed by atoms with Crippen LogP contribution >= 0.6 is 0 Å². The maximum atomic E-state index is 10.5. The van der Waals surface area contributed by atoms with Gasteiger partial charge >= 0.3 is 0 Å². The highest BCUT2D eigenvalue weighted by molar-refractivity contribution is 5.75. The highest BCUT2D eigenvalue weighted by Gasteiger charge is 2.17. The number of nitrogens with two attached hydrogens (primary N) is 1. The van der Waals surface area contributed by atoms with Gasteiger partial charge in [-0.1, -0.05) is 12.1 Å². The van der Waals surface area contributed by atoms with E-state index in [1.165, 1.54) is 11.1 Å². The van der Waals surface area contributed by atoms with Gasteiger partial charge in [-0.3, -0.25) is 4.79 Å². The van der Waals surface area contributed by atoms with Crippen LogP contribution in [0.4, 0.5) is 0 Å². The molecule has 2 heteroatoms. The molecule has 1 aromatic rings. The average molecular weight is 161 g/mol. The van der Waals surface area contributed by atoms with E-state index in [1.54, 1.807) is 0 Å². The molecule has 2 rings (SSSR count). The summed E-state index contributed by atoms with van der Waals surface area (Å²) in [6.07, 6.45) is 2.75. The van der Waals surface area contributed by atoms with Crippen LogP contribution in [0.2, 0.25) is 0 Å². The van der Waals surface area contributed by atoms with Gasteiger partial charge in [-0.2, -0.15) is 0 Å². The van der Waals surface area contributed by atoms with Crippen molar-refractivity contribution in [1.29, 1.82) is 0 Å². The van der Waals surface area contributed by atoms with Crippen molar-refractivity contribution in [3.05, 3.63) is 34.9 Å². The number of hydrogen-bond donors (Lipinski definition) is 1. The van der Waals surface area contributed by atoms with Crippen molar-refractivity contribution in [1.82, 2.24) is 0 Å². The molecule has 0 radical (unpaired) electrons. The summed E-state index contributed by atoms with van der Waals surface area (Å²) in [5.41, 5.74) is 9.08. The molecule has 1 unspecified atom stereocenters. The first kappa shape index (κ1) is 7.50. The number of aldehydes is 1. The van der Waals surface area contributed by atoms with E-state index in [4.69, 9.17) is 5.73 Å². The van der Waals surface area contributed by atoms with E-state index in [2.05, 4.69) is 0 Å². The topological polar surface area (TPSA) is 43.1 Å². The first-order chi connectivity index (χ1) is 5.79. The molecule has 2 N–H and O–H groups in total. The molecule has 0 heterocycles. The van der Waals surface area contributed by atoms with Crippen molar-refractivity contribution >= 4 is 6.29 Å². The van der Waals surface area contributed by atoms with E-state index in [-0.39, 0.29) is 6.04 Å². The fourth-order valence-corrected chi connectivity index (χ4v) is 1.75. The van der Waals surface area contributed by atoms with Crippen LogP contribution in [0.3, 0.4) is 0 Å². The highest BCUT2D eigenvalue weighted by Crippen LogP contribution is 2.21. The SMILES string of the molecule is NC1Cc2ccc(C=O)cc2C1. The van der Waals surface area contributed by atoms with Crippen molar-refractivity contribution in [2.24, 2.45) is 5.73 Å². The van der Waals surface area contributed by atoms with Gasteiger partial charge in [0.15, 0.2) is 0 Å². The second-order valence-electron chi connectivity index (χ2n) is 3.31. The van der Waals surface area contributed by atoms with Gasteiger partial charge in [-0.25, -0.2) is 0 Å². The minimum atomic E-state index is 0.252. The zero-order valence-electron chi connectivity index (χ0n) is 6.79. The summed E-state index contributed by atoms with van der Waals surface area (Å²) >= 11 is 0. The van der Waals surface area contributed by atoms with E-state index in [1.807, 2.05) is 18.2 Å². The summed E-state index contributed by atoms with van der Waals surface area (Å²) in [5.74, 6) is 0. The van der Waals surface area contributed by atoms with Gasteiger partial charge in [0.05, 0.1) is 0 Å². The molecule has 12 heavy (non-hydrogen) atoms. The predicted octanol–water partition coefficient (Wildman–Crippen LogP) is 0.925. The van der Waals surface area contributed by atoms with Crippen LogP contribution in [0.1, 0.15) is 21.5 Å². The van der Waals surface area contributed by atoms with E-state index < -0.39 is 0 Å². The van der Waals surface area contributed by atoms with Crippen molar-refractivity contribution in [2.75, 3.05) is 0 Å². The Bertz CT molecular complexity index is 320. The molecule has 0 fully saturated rings. The monoisotopic (exact) mass is 161 g/mol. The molecule has 0 saturated carbocycles. The zero-order valence-corrected chi connectivity index (χ0v) is 6.79. The average Bonchev–Trinajstić information content (AvgIpc) is 2.43. The molecule has 0 amide bonds. The summed E-state index contributed by atoms with van der Waals surface area (Å²) < 4.78 is 0. The number of rotatable bonds is 1. The van der Waals surface area contributed by atoms with Gasteiger partial charge in [0.1, 0.15) is 6.29 Å². The van der Waals surface area contributed by atoms with Gasteiger partial charge in [-0.15, -0.1) is 0 Å².